The van der Waals surface area contributed by atoms with Crippen LogP contribution in [0.15, 0.2) is 47.1 Å². The van der Waals surface area contributed by atoms with Crippen LogP contribution in [0, 0.1) is 0 Å². The van der Waals surface area contributed by atoms with Gasteiger partial charge in [-0.25, -0.2) is 4.79 Å². The summed E-state index contributed by atoms with van der Waals surface area (Å²) in [6.45, 7) is 0.508. The number of nitrogens with zero attached hydrogens (tertiary/aromatic N) is 1. The summed E-state index contributed by atoms with van der Waals surface area (Å²) < 4.78 is 9.98. The lowest BCUT2D eigenvalue weighted by Crippen LogP contribution is -2.51. The van der Waals surface area contributed by atoms with Crippen LogP contribution in [0.1, 0.15) is 16.9 Å². The second kappa shape index (κ2) is 8.50. The second-order valence-electron chi connectivity index (χ2n) is 6.23. The predicted octanol–water partition coefficient (Wildman–Crippen LogP) is 1.21. The van der Waals surface area contributed by atoms with Gasteiger partial charge >= 0.3 is 12.0 Å². The van der Waals surface area contributed by atoms with Crippen LogP contribution in [0.2, 0.25) is 0 Å². The van der Waals surface area contributed by atoms with Crippen LogP contribution in [0.3, 0.4) is 0 Å². The van der Waals surface area contributed by atoms with Gasteiger partial charge in [-0.1, -0.05) is 24.3 Å². The highest BCUT2D eigenvalue weighted by molar-refractivity contribution is 5.95. The summed E-state index contributed by atoms with van der Waals surface area (Å²) in [4.78, 5) is 38.0. The van der Waals surface area contributed by atoms with E-state index in [4.69, 9.17) is 9.15 Å². The standard InChI is InChI=1S/C19H21N3O5/c1-26-18(24)16-9-13-5-2-3-6-14(13)11-22(16)12-17(23)21-19(25)20-10-15-7-4-8-27-15/h2-8,16H,9-12H2,1H3,(H2,20,21,23,25)/t16-/m0/s1. The number of hydrogen-bond donors (Lipinski definition) is 2. The molecule has 0 saturated carbocycles. The van der Waals surface area contributed by atoms with Crippen molar-refractivity contribution in [2.45, 2.75) is 25.6 Å². The first-order chi connectivity index (χ1) is 13.1. The van der Waals surface area contributed by atoms with Crippen LogP contribution >= 0.6 is 0 Å². The van der Waals surface area contributed by atoms with Crippen LogP contribution < -0.4 is 10.6 Å². The fraction of sp³-hybridized carbons (Fsp3) is 0.316. The number of carbonyl (C=O) groups is 3. The quantitative estimate of drug-likeness (QED) is 0.766. The number of esters is 1. The van der Waals surface area contributed by atoms with Gasteiger partial charge in [-0.15, -0.1) is 0 Å². The third-order valence-corrected chi connectivity index (χ3v) is 4.42. The first-order valence-corrected chi connectivity index (χ1v) is 8.55. The minimum Gasteiger partial charge on any atom is -0.468 e. The van der Waals surface area contributed by atoms with Gasteiger partial charge < -0.3 is 14.5 Å². The van der Waals surface area contributed by atoms with Crippen LogP contribution in [-0.2, 0) is 33.8 Å². The zero-order chi connectivity index (χ0) is 19.2. The number of urea groups is 1. The lowest BCUT2D eigenvalue weighted by atomic mass is 9.94. The van der Waals surface area contributed by atoms with E-state index in [1.165, 1.54) is 13.4 Å². The van der Waals surface area contributed by atoms with Crippen molar-refractivity contribution in [3.8, 4) is 0 Å². The highest BCUT2D eigenvalue weighted by Crippen LogP contribution is 2.23. The molecule has 0 fully saturated rings. The molecule has 27 heavy (non-hydrogen) atoms. The maximum atomic E-state index is 12.3. The molecule has 1 aromatic heterocycles. The topological polar surface area (TPSA) is 101 Å². The highest BCUT2D eigenvalue weighted by Gasteiger charge is 2.33. The SMILES string of the molecule is COC(=O)[C@@H]1Cc2ccccc2CN1CC(=O)NC(=O)NCc1ccco1. The molecule has 0 aliphatic carbocycles. The fourth-order valence-electron chi connectivity index (χ4n) is 3.09. The van der Waals surface area contributed by atoms with Gasteiger partial charge in [0.25, 0.3) is 0 Å². The molecular formula is C19H21N3O5. The Labute approximate surface area is 156 Å². The Morgan fingerprint density at radius 1 is 1.19 bits per heavy atom. The molecule has 142 valence electrons. The number of rotatable bonds is 5. The number of nitrogens with one attached hydrogen (secondary N) is 2. The lowest BCUT2D eigenvalue weighted by Gasteiger charge is -2.34. The van der Waals surface area contributed by atoms with Crippen LogP contribution in [0.4, 0.5) is 4.79 Å². The van der Waals surface area contributed by atoms with E-state index in [-0.39, 0.29) is 13.1 Å². The summed E-state index contributed by atoms with van der Waals surface area (Å²) in [5.74, 6) is -0.323. The number of imide groups is 1. The van der Waals surface area contributed by atoms with Gasteiger partial charge in [-0.2, -0.15) is 0 Å². The molecule has 1 aromatic carbocycles. The lowest BCUT2D eigenvalue weighted by molar-refractivity contribution is -0.148. The number of amides is 3. The summed E-state index contributed by atoms with van der Waals surface area (Å²) in [5.41, 5.74) is 2.11. The number of benzene rings is 1. The van der Waals surface area contributed by atoms with Gasteiger partial charge in [0.1, 0.15) is 11.8 Å². The first kappa shape index (κ1) is 18.7. The van der Waals surface area contributed by atoms with Crippen molar-refractivity contribution in [1.29, 1.82) is 0 Å². The number of carbonyl (C=O) groups excluding carboxylic acids is 3. The molecule has 0 radical (unpaired) electrons. The molecule has 0 saturated heterocycles. The molecule has 2 heterocycles. The minimum atomic E-state index is -0.622. The average molecular weight is 371 g/mol. The number of methoxy groups -OCH3 is 1. The average Bonchev–Trinajstić information content (AvgIpc) is 3.18. The zero-order valence-electron chi connectivity index (χ0n) is 14.9. The Kier molecular flexibility index (Phi) is 5.87. The van der Waals surface area contributed by atoms with E-state index in [1.807, 2.05) is 24.3 Å². The highest BCUT2D eigenvalue weighted by atomic mass is 16.5. The Hall–Kier alpha value is -3.13. The Bertz CT molecular complexity index is 819. The fourth-order valence-corrected chi connectivity index (χ4v) is 3.09. The summed E-state index contributed by atoms with van der Waals surface area (Å²) in [6.07, 6.45) is 1.96. The molecule has 8 nitrogen and oxygen atoms in total. The molecule has 0 bridgehead atoms. The van der Waals surface area contributed by atoms with Gasteiger partial charge in [0, 0.05) is 6.54 Å². The normalized spacial score (nSPS) is 16.3. The Balaban J connectivity index is 1.59. The molecule has 2 N–H and O–H groups in total. The van der Waals surface area contributed by atoms with Gasteiger partial charge in [0.05, 0.1) is 26.5 Å². The van der Waals surface area contributed by atoms with Crippen molar-refractivity contribution in [2.24, 2.45) is 0 Å². The Morgan fingerprint density at radius 3 is 2.67 bits per heavy atom. The minimum absolute atomic E-state index is 0.0950. The molecule has 8 heteroatoms. The van der Waals surface area contributed by atoms with E-state index in [2.05, 4.69) is 10.6 Å². The van der Waals surface area contributed by atoms with Gasteiger partial charge in [-0.05, 0) is 29.7 Å². The van der Waals surface area contributed by atoms with E-state index in [9.17, 15) is 14.4 Å². The smallest absolute Gasteiger partial charge is 0.323 e. The van der Waals surface area contributed by atoms with Crippen LogP contribution in [-0.4, -0.2) is 42.5 Å². The maximum Gasteiger partial charge on any atom is 0.323 e. The van der Waals surface area contributed by atoms with Gasteiger partial charge in [0.2, 0.25) is 5.91 Å². The van der Waals surface area contributed by atoms with Crippen LogP contribution in [0.25, 0.3) is 0 Å². The van der Waals surface area contributed by atoms with Crippen molar-refractivity contribution < 1.29 is 23.5 Å². The monoisotopic (exact) mass is 371 g/mol. The van der Waals surface area contributed by atoms with E-state index in [0.29, 0.717) is 18.7 Å². The molecule has 0 spiro atoms. The third-order valence-electron chi connectivity index (χ3n) is 4.42. The van der Waals surface area contributed by atoms with Gasteiger partial charge in [-0.3, -0.25) is 19.8 Å². The zero-order valence-corrected chi connectivity index (χ0v) is 14.9. The van der Waals surface area contributed by atoms with Crippen molar-refractivity contribution in [3.63, 3.8) is 0 Å². The largest absolute Gasteiger partial charge is 0.468 e. The molecule has 1 aliphatic heterocycles. The molecule has 1 aliphatic rings. The maximum absolute atomic E-state index is 12.3. The van der Waals surface area contributed by atoms with Crippen molar-refractivity contribution in [3.05, 3.63) is 59.5 Å². The van der Waals surface area contributed by atoms with Crippen molar-refractivity contribution >= 4 is 17.9 Å². The van der Waals surface area contributed by atoms with E-state index in [0.717, 1.165) is 11.1 Å². The van der Waals surface area contributed by atoms with E-state index in [1.54, 1.807) is 17.0 Å². The number of ether oxygens (including phenoxy) is 1. The summed E-state index contributed by atoms with van der Waals surface area (Å²) in [6, 6.07) is 9.99. The van der Waals surface area contributed by atoms with Crippen LogP contribution in [0.5, 0.6) is 0 Å². The molecule has 3 amide bonds. The van der Waals surface area contributed by atoms with E-state index < -0.39 is 23.9 Å². The number of fused-ring (bicyclic) bond motifs is 1. The molecule has 3 rings (SSSR count). The Morgan fingerprint density at radius 2 is 1.96 bits per heavy atom. The molecular weight excluding hydrogens is 350 g/mol. The summed E-state index contributed by atoms with van der Waals surface area (Å²) >= 11 is 0. The third kappa shape index (κ3) is 4.73. The number of furan rings is 1. The molecule has 0 unspecified atom stereocenters. The van der Waals surface area contributed by atoms with E-state index >= 15 is 0 Å². The second-order valence-corrected chi connectivity index (χ2v) is 6.23. The summed E-state index contributed by atoms with van der Waals surface area (Å²) in [5, 5.41) is 4.81. The first-order valence-electron chi connectivity index (χ1n) is 8.55. The van der Waals surface area contributed by atoms with Crippen molar-refractivity contribution in [1.82, 2.24) is 15.5 Å². The molecule has 2 aromatic rings. The summed E-state index contributed by atoms with van der Waals surface area (Å²) in [7, 11) is 1.32. The molecule has 1 atom stereocenters. The van der Waals surface area contributed by atoms with Gasteiger partial charge in [0.15, 0.2) is 0 Å². The predicted molar refractivity (Wildman–Crippen MR) is 95.4 cm³/mol. The number of hydrogen-bond acceptors (Lipinski definition) is 6. The van der Waals surface area contributed by atoms with Crippen molar-refractivity contribution in [2.75, 3.05) is 13.7 Å².